The number of benzene rings is 1. The van der Waals surface area contributed by atoms with Crippen molar-refractivity contribution in [3.05, 3.63) is 24.3 Å². The van der Waals surface area contributed by atoms with Gasteiger partial charge in [-0.25, -0.2) is 9.59 Å². The fraction of sp³-hybridized carbons (Fsp3) is 0.529. The van der Waals surface area contributed by atoms with Gasteiger partial charge in [0.2, 0.25) is 0 Å². The Hall–Kier alpha value is -2.36. The van der Waals surface area contributed by atoms with Crippen LogP contribution < -0.4 is 14.8 Å². The molecule has 0 amide bonds. The molecule has 2 rings (SSSR count). The summed E-state index contributed by atoms with van der Waals surface area (Å²) in [7, 11) is 0. The number of nitrogens with one attached hydrogen (secondary N) is 1. The third-order valence-electron chi connectivity index (χ3n) is 3.50. The highest BCUT2D eigenvalue weighted by molar-refractivity contribution is 5.83. The third kappa shape index (κ3) is 7.26. The van der Waals surface area contributed by atoms with Gasteiger partial charge in [-0.3, -0.25) is 0 Å². The van der Waals surface area contributed by atoms with E-state index in [1.807, 2.05) is 31.2 Å². The monoisotopic (exact) mass is 371 g/mol. The number of aliphatic hydroxyl groups is 2. The topological polar surface area (TPSA) is 146 Å². The van der Waals surface area contributed by atoms with Gasteiger partial charge in [0, 0.05) is 6.54 Å². The molecule has 0 bridgehead atoms. The Bertz CT molecular complexity index is 556. The van der Waals surface area contributed by atoms with Gasteiger partial charge >= 0.3 is 11.9 Å². The summed E-state index contributed by atoms with van der Waals surface area (Å²) in [6, 6.07) is 7.87. The average molecular weight is 371 g/mol. The summed E-state index contributed by atoms with van der Waals surface area (Å²) in [5.41, 5.74) is 0. The van der Waals surface area contributed by atoms with Crippen LogP contribution in [0.2, 0.25) is 0 Å². The molecule has 1 saturated heterocycles. The van der Waals surface area contributed by atoms with Gasteiger partial charge in [0.15, 0.2) is 23.7 Å². The molecule has 9 nitrogen and oxygen atoms in total. The zero-order valence-corrected chi connectivity index (χ0v) is 14.5. The van der Waals surface area contributed by atoms with E-state index in [0.29, 0.717) is 6.61 Å². The van der Waals surface area contributed by atoms with Gasteiger partial charge in [-0.2, -0.15) is 0 Å². The quantitative estimate of drug-likeness (QED) is 0.450. The van der Waals surface area contributed by atoms with E-state index in [1.54, 1.807) is 0 Å². The number of piperidine rings is 1. The van der Waals surface area contributed by atoms with Crippen molar-refractivity contribution in [2.45, 2.75) is 38.1 Å². The molecule has 146 valence electrons. The van der Waals surface area contributed by atoms with E-state index >= 15 is 0 Å². The Morgan fingerprint density at radius 1 is 1.15 bits per heavy atom. The van der Waals surface area contributed by atoms with Crippen LogP contribution in [-0.2, 0) is 9.59 Å². The van der Waals surface area contributed by atoms with Crippen LogP contribution in [0.1, 0.15) is 19.8 Å². The predicted octanol–water partition coefficient (Wildman–Crippen LogP) is 0.0935. The number of carboxylic acids is 2. The van der Waals surface area contributed by atoms with Crippen molar-refractivity contribution in [1.82, 2.24) is 5.32 Å². The maximum absolute atomic E-state index is 9.77. The Balaban J connectivity index is 0.000000294. The lowest BCUT2D eigenvalue weighted by atomic mass is 10.1. The largest absolute Gasteiger partial charge is 0.490 e. The predicted molar refractivity (Wildman–Crippen MR) is 91.4 cm³/mol. The van der Waals surface area contributed by atoms with Crippen LogP contribution in [-0.4, -0.2) is 70.4 Å². The van der Waals surface area contributed by atoms with E-state index < -0.39 is 24.1 Å². The van der Waals surface area contributed by atoms with E-state index in [0.717, 1.165) is 31.0 Å². The Labute approximate surface area is 151 Å². The first kappa shape index (κ1) is 21.7. The first-order chi connectivity index (χ1) is 12.4. The van der Waals surface area contributed by atoms with Gasteiger partial charge in [-0.15, -0.1) is 0 Å². The molecule has 0 radical (unpaired) electrons. The Kier molecular flexibility index (Phi) is 9.42. The lowest BCUT2D eigenvalue weighted by Gasteiger charge is -2.24. The molecule has 3 atom stereocenters. The van der Waals surface area contributed by atoms with Crippen LogP contribution in [0.25, 0.3) is 0 Å². The first-order valence-electron chi connectivity index (χ1n) is 8.27. The molecule has 1 aliphatic rings. The summed E-state index contributed by atoms with van der Waals surface area (Å²) in [6.07, 6.45) is -1.96. The van der Waals surface area contributed by atoms with Gasteiger partial charge in [-0.05, 0) is 38.4 Å². The third-order valence-corrected chi connectivity index (χ3v) is 3.50. The minimum Gasteiger partial charge on any atom is -0.490 e. The van der Waals surface area contributed by atoms with E-state index in [-0.39, 0.29) is 6.10 Å². The van der Waals surface area contributed by atoms with Crippen molar-refractivity contribution in [1.29, 1.82) is 0 Å². The number of aliphatic carboxylic acids is 2. The van der Waals surface area contributed by atoms with Crippen LogP contribution in [0, 0.1) is 0 Å². The number of carboxylic acid groups (broad SMARTS) is 2. The second-order valence-corrected chi connectivity index (χ2v) is 5.53. The zero-order chi connectivity index (χ0) is 19.5. The van der Waals surface area contributed by atoms with Gasteiger partial charge in [-0.1, -0.05) is 12.1 Å². The fourth-order valence-corrected chi connectivity index (χ4v) is 2.19. The van der Waals surface area contributed by atoms with E-state index in [9.17, 15) is 9.59 Å². The highest BCUT2D eigenvalue weighted by Gasteiger charge is 2.29. The van der Waals surface area contributed by atoms with Crippen LogP contribution in [0.3, 0.4) is 0 Å². The van der Waals surface area contributed by atoms with Crippen molar-refractivity contribution >= 4 is 11.9 Å². The molecule has 0 spiro atoms. The summed E-state index contributed by atoms with van der Waals surface area (Å²) >= 11 is 0. The minimum atomic E-state index is -2.27. The lowest BCUT2D eigenvalue weighted by molar-refractivity contribution is -0.165. The maximum atomic E-state index is 9.77. The molecule has 1 aromatic rings. The molecule has 2 unspecified atom stereocenters. The molecule has 0 aliphatic carbocycles. The standard InChI is InChI=1S/C13H19NO2.C4H6O6/c1-2-15-12-7-3-4-8-13(12)16-11-6-5-9-14-10-11;5-1(3(7)8)2(6)4(9)10/h3-4,7-8,11,14H,2,5-6,9-10H2,1H3;1-2,5-6H,(H,7,8)(H,9,10)/t11-;/m1./s1. The van der Waals surface area contributed by atoms with E-state index in [4.69, 9.17) is 29.9 Å². The molecule has 1 aromatic carbocycles. The number of carbonyl (C=O) groups is 2. The summed E-state index contributed by atoms with van der Waals surface area (Å²) in [5, 5.41) is 35.9. The Morgan fingerprint density at radius 3 is 2.19 bits per heavy atom. The molecular weight excluding hydrogens is 346 g/mol. The summed E-state index contributed by atoms with van der Waals surface area (Å²) < 4.78 is 11.5. The van der Waals surface area contributed by atoms with Crippen molar-refractivity contribution in [3.63, 3.8) is 0 Å². The van der Waals surface area contributed by atoms with Crippen molar-refractivity contribution in [2.75, 3.05) is 19.7 Å². The molecule has 9 heteroatoms. The molecule has 1 heterocycles. The molecule has 5 N–H and O–H groups in total. The van der Waals surface area contributed by atoms with Crippen LogP contribution in [0.4, 0.5) is 0 Å². The van der Waals surface area contributed by atoms with Crippen molar-refractivity contribution < 1.29 is 39.5 Å². The summed E-state index contributed by atoms with van der Waals surface area (Å²) in [4.78, 5) is 19.5. The van der Waals surface area contributed by atoms with Crippen LogP contribution in [0.5, 0.6) is 11.5 Å². The number of rotatable bonds is 7. The SMILES string of the molecule is CCOc1ccccc1O[C@@H]1CCCNC1.O=C(O)C(O)C(O)C(=O)O. The zero-order valence-electron chi connectivity index (χ0n) is 14.5. The lowest BCUT2D eigenvalue weighted by Crippen LogP contribution is -2.39. The second kappa shape index (κ2) is 11.3. The van der Waals surface area contributed by atoms with Crippen LogP contribution >= 0.6 is 0 Å². The highest BCUT2D eigenvalue weighted by Crippen LogP contribution is 2.28. The summed E-state index contributed by atoms with van der Waals surface area (Å²) in [5.74, 6) is -1.83. The van der Waals surface area contributed by atoms with Crippen LogP contribution in [0.15, 0.2) is 24.3 Å². The van der Waals surface area contributed by atoms with Gasteiger partial charge in [0.05, 0.1) is 6.61 Å². The summed E-state index contributed by atoms with van der Waals surface area (Å²) in [6.45, 7) is 4.69. The molecule has 0 aromatic heterocycles. The fourth-order valence-electron chi connectivity index (χ4n) is 2.19. The number of para-hydroxylation sites is 2. The molecular formula is C17H25NO8. The number of hydrogen-bond donors (Lipinski definition) is 5. The Morgan fingerprint density at radius 2 is 1.73 bits per heavy atom. The number of aliphatic hydroxyl groups excluding tert-OH is 2. The molecule has 1 fully saturated rings. The maximum Gasteiger partial charge on any atom is 0.335 e. The smallest absolute Gasteiger partial charge is 0.335 e. The van der Waals surface area contributed by atoms with Crippen molar-refractivity contribution in [2.24, 2.45) is 0 Å². The average Bonchev–Trinajstić information content (AvgIpc) is 2.63. The minimum absolute atomic E-state index is 0.273. The molecule has 26 heavy (non-hydrogen) atoms. The number of ether oxygens (including phenoxy) is 2. The number of hydrogen-bond acceptors (Lipinski definition) is 7. The van der Waals surface area contributed by atoms with E-state index in [1.165, 1.54) is 6.42 Å². The normalized spacial score (nSPS) is 18.7. The van der Waals surface area contributed by atoms with Gasteiger partial charge in [0.25, 0.3) is 0 Å². The highest BCUT2D eigenvalue weighted by atomic mass is 16.5. The first-order valence-corrected chi connectivity index (χ1v) is 8.27. The van der Waals surface area contributed by atoms with Crippen molar-refractivity contribution in [3.8, 4) is 11.5 Å². The van der Waals surface area contributed by atoms with E-state index in [2.05, 4.69) is 5.32 Å². The second-order valence-electron chi connectivity index (χ2n) is 5.53. The molecule has 1 aliphatic heterocycles. The van der Waals surface area contributed by atoms with Gasteiger partial charge in [0.1, 0.15) is 6.10 Å². The molecule has 0 saturated carbocycles. The van der Waals surface area contributed by atoms with Gasteiger partial charge < -0.3 is 35.2 Å².